The van der Waals surface area contributed by atoms with Crippen LogP contribution in [0.25, 0.3) is 0 Å². The summed E-state index contributed by atoms with van der Waals surface area (Å²) in [5, 5.41) is 18.6. The van der Waals surface area contributed by atoms with E-state index in [1.165, 1.54) is 12.1 Å². The van der Waals surface area contributed by atoms with Crippen LogP contribution in [0.3, 0.4) is 0 Å². The van der Waals surface area contributed by atoms with E-state index < -0.39 is 7.82 Å². The average molecular weight is 366 g/mol. The number of rotatable bonds is 10. The normalized spacial score (nSPS) is 14.6. The van der Waals surface area contributed by atoms with Gasteiger partial charge in [-0.05, 0) is 30.5 Å². The molecule has 3 N–H and O–H groups in total. The van der Waals surface area contributed by atoms with Gasteiger partial charge in [0.2, 0.25) is 0 Å². The van der Waals surface area contributed by atoms with Crippen LogP contribution in [0.15, 0.2) is 18.2 Å². The van der Waals surface area contributed by atoms with Gasteiger partial charge < -0.3 is 19.6 Å². The fourth-order valence-electron chi connectivity index (χ4n) is 1.69. The number of phosphoric acid groups is 1. The highest BCUT2D eigenvalue weighted by Crippen LogP contribution is 2.43. The van der Waals surface area contributed by atoms with Gasteiger partial charge in [-0.1, -0.05) is 6.07 Å². The molecule has 1 atom stereocenters. The monoisotopic (exact) mass is 366 g/mol. The predicted molar refractivity (Wildman–Crippen MR) is 90.7 cm³/mol. The maximum Gasteiger partial charge on any atom is 0.472 e. The molecule has 0 aliphatic rings. The second-order valence-corrected chi connectivity index (χ2v) is 7.60. The van der Waals surface area contributed by atoms with E-state index in [0.717, 1.165) is 5.56 Å². The number of thiol groups is 1. The number of phosphoric ester groups is 1. The summed E-state index contributed by atoms with van der Waals surface area (Å²) < 4.78 is 22.1. The number of aromatic hydroxyl groups is 2. The SMILES string of the molecule is C[N+](C)(CS)CCOP(=O)(O)OCCCc1ccc(O)c(O)c1. The van der Waals surface area contributed by atoms with Crippen LogP contribution in [0.1, 0.15) is 12.0 Å². The summed E-state index contributed by atoms with van der Waals surface area (Å²) in [6, 6.07) is 4.51. The summed E-state index contributed by atoms with van der Waals surface area (Å²) in [5.74, 6) is 0.227. The maximum atomic E-state index is 11.7. The number of hydrogen-bond donors (Lipinski definition) is 4. The van der Waals surface area contributed by atoms with E-state index in [4.69, 9.17) is 9.05 Å². The van der Waals surface area contributed by atoms with Crippen LogP contribution >= 0.6 is 20.5 Å². The number of nitrogens with zero attached hydrogens (tertiary/aromatic N) is 1. The quantitative estimate of drug-likeness (QED) is 0.127. The molecule has 0 fully saturated rings. The van der Waals surface area contributed by atoms with Crippen molar-refractivity contribution in [1.29, 1.82) is 0 Å². The van der Waals surface area contributed by atoms with Crippen molar-refractivity contribution in [2.75, 3.05) is 39.7 Å². The van der Waals surface area contributed by atoms with Crippen molar-refractivity contribution in [3.8, 4) is 11.5 Å². The Bertz CT molecular complexity index is 554. The fraction of sp³-hybridized carbons (Fsp3) is 0.571. The number of phenols is 2. The lowest BCUT2D eigenvalue weighted by Gasteiger charge is -2.27. The van der Waals surface area contributed by atoms with Gasteiger partial charge in [0.25, 0.3) is 0 Å². The van der Waals surface area contributed by atoms with E-state index in [0.29, 0.717) is 29.7 Å². The molecule has 0 saturated carbocycles. The van der Waals surface area contributed by atoms with Gasteiger partial charge in [-0.3, -0.25) is 9.05 Å². The highest BCUT2D eigenvalue weighted by atomic mass is 32.1. The summed E-state index contributed by atoms with van der Waals surface area (Å²) in [7, 11) is -0.178. The molecule has 0 amide bonds. The van der Waals surface area contributed by atoms with Gasteiger partial charge in [-0.15, -0.1) is 12.6 Å². The molecule has 23 heavy (non-hydrogen) atoms. The first-order valence-electron chi connectivity index (χ1n) is 7.21. The van der Waals surface area contributed by atoms with Crippen molar-refractivity contribution in [3.63, 3.8) is 0 Å². The minimum atomic E-state index is -4.05. The Morgan fingerprint density at radius 2 is 1.83 bits per heavy atom. The zero-order chi connectivity index (χ0) is 17.5. The van der Waals surface area contributed by atoms with E-state index in [9.17, 15) is 19.7 Å². The van der Waals surface area contributed by atoms with E-state index in [-0.39, 0.29) is 24.7 Å². The Balaban J connectivity index is 2.28. The molecule has 132 valence electrons. The third kappa shape index (κ3) is 8.06. The van der Waals surface area contributed by atoms with Gasteiger partial charge in [0.05, 0.1) is 20.7 Å². The fourth-order valence-corrected chi connectivity index (χ4v) is 2.58. The van der Waals surface area contributed by atoms with Crippen molar-refractivity contribution < 1.29 is 33.2 Å². The first-order valence-corrected chi connectivity index (χ1v) is 9.33. The highest BCUT2D eigenvalue weighted by Gasteiger charge is 2.22. The topological polar surface area (TPSA) is 96.2 Å². The van der Waals surface area contributed by atoms with Crippen LogP contribution in [0.2, 0.25) is 0 Å². The van der Waals surface area contributed by atoms with Gasteiger partial charge >= 0.3 is 7.82 Å². The van der Waals surface area contributed by atoms with Crippen molar-refractivity contribution in [1.82, 2.24) is 0 Å². The van der Waals surface area contributed by atoms with Crippen LogP contribution in [0.5, 0.6) is 11.5 Å². The van der Waals surface area contributed by atoms with Gasteiger partial charge in [0.1, 0.15) is 19.0 Å². The van der Waals surface area contributed by atoms with Gasteiger partial charge in [-0.2, -0.15) is 0 Å². The molecule has 1 aromatic rings. The summed E-state index contributed by atoms with van der Waals surface area (Å²) >= 11 is 4.18. The van der Waals surface area contributed by atoms with Crippen LogP contribution in [0.4, 0.5) is 0 Å². The van der Waals surface area contributed by atoms with Crippen molar-refractivity contribution in [2.24, 2.45) is 0 Å². The smallest absolute Gasteiger partial charge is 0.472 e. The molecule has 1 aromatic carbocycles. The molecular weight excluding hydrogens is 341 g/mol. The van der Waals surface area contributed by atoms with Gasteiger partial charge in [-0.25, -0.2) is 4.57 Å². The molecule has 9 heteroatoms. The average Bonchev–Trinajstić information content (AvgIpc) is 2.47. The lowest BCUT2D eigenvalue weighted by Crippen LogP contribution is -2.40. The number of aryl methyl sites for hydroxylation is 1. The van der Waals surface area contributed by atoms with Crippen LogP contribution in [-0.2, 0) is 20.0 Å². The van der Waals surface area contributed by atoms with Gasteiger partial charge in [0.15, 0.2) is 11.5 Å². The van der Waals surface area contributed by atoms with E-state index in [2.05, 4.69) is 12.6 Å². The second-order valence-electron chi connectivity index (χ2n) is 5.86. The molecule has 0 heterocycles. The third-order valence-electron chi connectivity index (χ3n) is 3.24. The predicted octanol–water partition coefficient (Wildman–Crippen LogP) is 2.13. The third-order valence-corrected chi connectivity index (χ3v) is 5.02. The standard InChI is InChI=1S/C14H24NO6PS/c1-15(2,11-23)7-9-21-22(18,19)20-8-3-4-12-5-6-13(16)14(17)10-12/h5-6,10H,3-4,7-9,11H2,1-2H3,(H3-,16,17,18,19,23)/p+1. The van der Waals surface area contributed by atoms with Crippen LogP contribution in [0, 0.1) is 0 Å². The Hall–Kier alpha value is -0.760. The Kier molecular flexibility index (Phi) is 7.86. The van der Waals surface area contributed by atoms with Crippen LogP contribution in [-0.4, -0.2) is 59.3 Å². The van der Waals surface area contributed by atoms with E-state index >= 15 is 0 Å². The molecule has 0 aromatic heterocycles. The number of likely N-dealkylation sites (N-methyl/N-ethyl adjacent to an activating group) is 1. The summed E-state index contributed by atoms with van der Waals surface area (Å²) in [5.41, 5.74) is 0.797. The summed E-state index contributed by atoms with van der Waals surface area (Å²) in [6.07, 6.45) is 1.02. The minimum absolute atomic E-state index is 0.0558. The van der Waals surface area contributed by atoms with Crippen LogP contribution < -0.4 is 0 Å². The maximum absolute atomic E-state index is 11.7. The first-order chi connectivity index (χ1) is 10.7. The highest BCUT2D eigenvalue weighted by molar-refractivity contribution is 7.80. The molecule has 0 aliphatic heterocycles. The lowest BCUT2D eigenvalue weighted by molar-refractivity contribution is -0.877. The number of phenolic OH excluding ortho intramolecular Hbond substituents is 2. The lowest BCUT2D eigenvalue weighted by atomic mass is 10.1. The van der Waals surface area contributed by atoms with E-state index in [1.807, 2.05) is 14.1 Å². The van der Waals surface area contributed by atoms with Gasteiger partial charge in [0, 0.05) is 0 Å². The number of quaternary nitrogens is 1. The van der Waals surface area contributed by atoms with Crippen molar-refractivity contribution in [2.45, 2.75) is 12.8 Å². The molecule has 1 rings (SSSR count). The Labute approximate surface area is 142 Å². The number of benzene rings is 1. The van der Waals surface area contributed by atoms with Crippen molar-refractivity contribution in [3.05, 3.63) is 23.8 Å². The molecule has 1 unspecified atom stereocenters. The molecular formula is C14H25NO6PS+. The Morgan fingerprint density at radius 1 is 1.17 bits per heavy atom. The molecule has 0 saturated heterocycles. The molecule has 0 aliphatic carbocycles. The zero-order valence-electron chi connectivity index (χ0n) is 13.4. The number of hydrogen-bond acceptors (Lipinski definition) is 6. The van der Waals surface area contributed by atoms with E-state index in [1.54, 1.807) is 6.07 Å². The largest absolute Gasteiger partial charge is 0.504 e. The minimum Gasteiger partial charge on any atom is -0.504 e. The Morgan fingerprint density at radius 3 is 2.43 bits per heavy atom. The molecule has 0 bridgehead atoms. The summed E-state index contributed by atoms with van der Waals surface area (Å²) in [6.45, 7) is 0.706. The molecule has 0 radical (unpaired) electrons. The molecule has 7 nitrogen and oxygen atoms in total. The summed E-state index contributed by atoms with van der Waals surface area (Å²) in [4.78, 5) is 9.57. The second kappa shape index (κ2) is 8.92. The van der Waals surface area contributed by atoms with Crippen molar-refractivity contribution >= 4 is 20.5 Å². The zero-order valence-corrected chi connectivity index (χ0v) is 15.2. The first kappa shape index (κ1) is 20.3. The molecule has 0 spiro atoms.